The smallest absolute Gasteiger partial charge is 0.469 e. The summed E-state index contributed by atoms with van der Waals surface area (Å²) in [6, 6.07) is 0. The Morgan fingerprint density at radius 1 is 1.23 bits per heavy atom. The average Bonchev–Trinajstić information content (AvgIpc) is 3.10. The Hall–Kier alpha value is -2.84. The van der Waals surface area contributed by atoms with Gasteiger partial charge in [0.1, 0.15) is 6.61 Å². The number of methoxy groups -OCH3 is 1. The number of fused-ring (bicyclic) bond motifs is 1. The van der Waals surface area contributed by atoms with Gasteiger partial charge in [-0.2, -0.15) is 13.2 Å². The Morgan fingerprint density at radius 2 is 1.87 bits per heavy atom. The molecular weight excluding hydrogens is 415 g/mol. The Kier molecular flexibility index (Phi) is 7.51. The highest BCUT2D eigenvalue weighted by Crippen LogP contribution is 2.40. The quantitative estimate of drug-likeness (QED) is 0.469. The molecule has 0 spiro atoms. The van der Waals surface area contributed by atoms with E-state index in [4.69, 9.17) is 4.74 Å². The van der Waals surface area contributed by atoms with Crippen LogP contribution in [0.5, 0.6) is 0 Å². The second-order valence-corrected chi connectivity index (χ2v) is 7.41. The molecule has 0 radical (unpaired) electrons. The van der Waals surface area contributed by atoms with Gasteiger partial charge in [-0.25, -0.2) is 4.79 Å². The number of benzene rings is 1. The van der Waals surface area contributed by atoms with Crippen molar-refractivity contribution >= 4 is 23.5 Å². The van der Waals surface area contributed by atoms with Crippen molar-refractivity contribution in [1.29, 1.82) is 0 Å². The van der Waals surface area contributed by atoms with E-state index in [0.29, 0.717) is 28.9 Å². The largest absolute Gasteiger partial charge is 0.471 e. The van der Waals surface area contributed by atoms with Gasteiger partial charge in [0.05, 0.1) is 18.4 Å². The van der Waals surface area contributed by atoms with Crippen LogP contribution in [0.4, 0.5) is 18.9 Å². The van der Waals surface area contributed by atoms with E-state index in [1.165, 1.54) is 7.11 Å². The third kappa shape index (κ3) is 5.08. The molecule has 1 aromatic rings. The first-order valence-electron chi connectivity index (χ1n) is 9.85. The molecule has 9 heteroatoms. The zero-order chi connectivity index (χ0) is 23.5. The average molecular weight is 441 g/mol. The highest BCUT2D eigenvalue weighted by Gasteiger charge is 2.44. The molecule has 1 aromatic carbocycles. The number of allylic oxidation sites excluding steroid dienone is 2. The molecule has 0 aliphatic carbocycles. The van der Waals surface area contributed by atoms with E-state index < -0.39 is 18.1 Å². The van der Waals surface area contributed by atoms with Crippen molar-refractivity contribution in [2.24, 2.45) is 0 Å². The molecule has 31 heavy (non-hydrogen) atoms. The van der Waals surface area contributed by atoms with Crippen LogP contribution in [0.25, 0.3) is 0 Å². The number of hydrogen-bond acceptors (Lipinski definition) is 5. The maximum Gasteiger partial charge on any atom is 0.471 e. The molecule has 0 N–H and O–H groups in total. The zero-order valence-corrected chi connectivity index (χ0v) is 18.2. The molecule has 1 aliphatic rings. The third-order valence-electron chi connectivity index (χ3n) is 5.49. The number of esters is 2. The third-order valence-corrected chi connectivity index (χ3v) is 5.49. The van der Waals surface area contributed by atoms with Gasteiger partial charge in [0.2, 0.25) is 0 Å². The number of nitrogens with zero attached hydrogens (tertiary/aromatic N) is 1. The van der Waals surface area contributed by atoms with Gasteiger partial charge < -0.3 is 14.4 Å². The molecule has 2 rings (SSSR count). The summed E-state index contributed by atoms with van der Waals surface area (Å²) in [5.41, 5.74) is 3.29. The van der Waals surface area contributed by atoms with Gasteiger partial charge in [0, 0.05) is 19.0 Å². The van der Waals surface area contributed by atoms with E-state index >= 15 is 0 Å². The monoisotopic (exact) mass is 441 g/mol. The van der Waals surface area contributed by atoms with Crippen LogP contribution in [0.3, 0.4) is 0 Å². The zero-order valence-electron chi connectivity index (χ0n) is 18.2. The SMILES string of the molecule is CCc1c(C)c2c(c(N(C)C(=O)C(F)(F)F)c1CC=C(C)CCC(=O)OC)C(=O)OC2. The number of cyclic esters (lactones) is 1. The van der Waals surface area contributed by atoms with Crippen molar-refractivity contribution in [2.45, 2.75) is 59.2 Å². The molecule has 0 aromatic heterocycles. The lowest BCUT2D eigenvalue weighted by molar-refractivity contribution is -0.170. The van der Waals surface area contributed by atoms with Crippen LogP contribution in [0.15, 0.2) is 11.6 Å². The van der Waals surface area contributed by atoms with Gasteiger partial charge in [0.15, 0.2) is 0 Å². The summed E-state index contributed by atoms with van der Waals surface area (Å²) in [6.07, 6.45) is -2.01. The van der Waals surface area contributed by atoms with Gasteiger partial charge in [-0.1, -0.05) is 18.6 Å². The summed E-state index contributed by atoms with van der Waals surface area (Å²) in [5.74, 6) is -3.17. The van der Waals surface area contributed by atoms with E-state index in [2.05, 4.69) is 4.74 Å². The Labute approximate surface area is 179 Å². The van der Waals surface area contributed by atoms with Crippen LogP contribution in [-0.2, 0) is 38.5 Å². The van der Waals surface area contributed by atoms with Crippen molar-refractivity contribution in [3.63, 3.8) is 0 Å². The molecule has 0 saturated carbocycles. The lowest BCUT2D eigenvalue weighted by Crippen LogP contribution is -2.40. The topological polar surface area (TPSA) is 72.9 Å². The summed E-state index contributed by atoms with van der Waals surface area (Å²) in [7, 11) is 2.31. The first-order chi connectivity index (χ1) is 14.4. The summed E-state index contributed by atoms with van der Waals surface area (Å²) in [4.78, 5) is 36.3. The van der Waals surface area contributed by atoms with E-state index in [-0.39, 0.29) is 36.7 Å². The first-order valence-corrected chi connectivity index (χ1v) is 9.85. The van der Waals surface area contributed by atoms with Crippen molar-refractivity contribution in [2.75, 3.05) is 19.1 Å². The molecule has 1 amide bonds. The normalized spacial score (nSPS) is 13.7. The van der Waals surface area contributed by atoms with E-state index in [1.54, 1.807) is 19.9 Å². The molecule has 170 valence electrons. The first kappa shape index (κ1) is 24.4. The molecule has 1 heterocycles. The van der Waals surface area contributed by atoms with Crippen LogP contribution in [-0.4, -0.2) is 38.2 Å². The Balaban J connectivity index is 2.61. The number of ether oxygens (including phenoxy) is 2. The number of rotatable bonds is 7. The molecule has 0 saturated heterocycles. The molecule has 0 atom stereocenters. The predicted molar refractivity (Wildman–Crippen MR) is 108 cm³/mol. The van der Waals surface area contributed by atoms with Crippen molar-refractivity contribution in [1.82, 2.24) is 0 Å². The van der Waals surface area contributed by atoms with Crippen LogP contribution < -0.4 is 4.90 Å². The van der Waals surface area contributed by atoms with E-state index in [0.717, 1.165) is 23.7 Å². The van der Waals surface area contributed by atoms with E-state index in [1.807, 2.05) is 6.92 Å². The fourth-order valence-electron chi connectivity index (χ4n) is 3.78. The van der Waals surface area contributed by atoms with Gasteiger partial charge in [0.25, 0.3) is 0 Å². The van der Waals surface area contributed by atoms with Crippen molar-refractivity contribution in [3.8, 4) is 0 Å². The summed E-state index contributed by atoms with van der Waals surface area (Å²) in [6.45, 7) is 5.42. The lowest BCUT2D eigenvalue weighted by atomic mass is 9.87. The minimum atomic E-state index is -5.09. The number of carbonyl (C=O) groups is 3. The number of anilines is 1. The van der Waals surface area contributed by atoms with Crippen LogP contribution in [0.1, 0.15) is 59.3 Å². The van der Waals surface area contributed by atoms with Gasteiger partial charge in [-0.3, -0.25) is 9.59 Å². The molecule has 0 bridgehead atoms. The summed E-state index contributed by atoms with van der Waals surface area (Å²) >= 11 is 0. The molecule has 1 aliphatic heterocycles. The maximum atomic E-state index is 13.2. The second-order valence-electron chi connectivity index (χ2n) is 7.41. The molecule has 6 nitrogen and oxygen atoms in total. The predicted octanol–water partition coefficient (Wildman–Crippen LogP) is 4.19. The lowest BCUT2D eigenvalue weighted by Gasteiger charge is -2.26. The minimum absolute atomic E-state index is 0.00501. The van der Waals surface area contributed by atoms with Gasteiger partial charge in [-0.05, 0) is 49.8 Å². The maximum absolute atomic E-state index is 13.2. The number of halogens is 3. The number of carbonyl (C=O) groups excluding carboxylic acids is 3. The number of hydrogen-bond donors (Lipinski definition) is 0. The standard InChI is InChI=1S/C22H26F3NO5/c1-6-14-13(3)16-11-31-20(28)18(16)19(26(4)21(29)22(23,24)25)15(14)9-7-12(2)8-10-17(27)30-5/h7H,6,8-11H2,1-5H3. The minimum Gasteiger partial charge on any atom is -0.469 e. The number of amides is 1. The fourth-order valence-corrected chi connectivity index (χ4v) is 3.78. The molecule has 0 fully saturated rings. The Morgan fingerprint density at radius 3 is 2.42 bits per heavy atom. The van der Waals surface area contributed by atoms with Crippen molar-refractivity contribution < 1.29 is 37.0 Å². The number of alkyl halides is 3. The second kappa shape index (κ2) is 9.53. The summed E-state index contributed by atoms with van der Waals surface area (Å²) in [5, 5.41) is 0. The molecular formula is C22H26F3NO5. The van der Waals surface area contributed by atoms with Crippen LogP contribution in [0.2, 0.25) is 0 Å². The fraction of sp³-hybridized carbons (Fsp3) is 0.500. The summed E-state index contributed by atoms with van der Waals surface area (Å²) < 4.78 is 49.3. The highest BCUT2D eigenvalue weighted by atomic mass is 19.4. The van der Waals surface area contributed by atoms with Crippen LogP contribution in [0, 0.1) is 6.92 Å². The van der Waals surface area contributed by atoms with Crippen molar-refractivity contribution in [3.05, 3.63) is 39.5 Å². The van der Waals surface area contributed by atoms with E-state index in [9.17, 15) is 27.6 Å². The van der Waals surface area contributed by atoms with Gasteiger partial charge >= 0.3 is 24.0 Å². The Bertz CT molecular complexity index is 934. The molecule has 0 unspecified atom stereocenters. The van der Waals surface area contributed by atoms with Gasteiger partial charge in [-0.15, -0.1) is 0 Å². The van der Waals surface area contributed by atoms with Crippen LogP contribution >= 0.6 is 0 Å². The highest BCUT2D eigenvalue weighted by molar-refractivity contribution is 6.07.